The largest absolute Gasteiger partial charge is 0.481 e. The van der Waals surface area contributed by atoms with Crippen molar-refractivity contribution in [2.75, 3.05) is 5.32 Å². The Balaban J connectivity index is 1.52. The lowest BCUT2D eigenvalue weighted by molar-refractivity contribution is -0.122. The highest BCUT2D eigenvalue weighted by atomic mass is 16.5. The van der Waals surface area contributed by atoms with Crippen molar-refractivity contribution in [3.8, 4) is 11.4 Å². The first-order valence-corrected chi connectivity index (χ1v) is 10.4. The summed E-state index contributed by atoms with van der Waals surface area (Å²) in [7, 11) is 1.80. The van der Waals surface area contributed by atoms with Crippen LogP contribution in [0.4, 0.5) is 5.69 Å². The summed E-state index contributed by atoms with van der Waals surface area (Å²) in [5.74, 6) is 0.337. The highest BCUT2D eigenvalue weighted by Gasteiger charge is 2.22. The smallest absolute Gasteiger partial charge is 0.295 e. The summed E-state index contributed by atoms with van der Waals surface area (Å²) in [6.45, 7) is 3.51. The van der Waals surface area contributed by atoms with Gasteiger partial charge in [0, 0.05) is 7.05 Å². The van der Waals surface area contributed by atoms with Crippen LogP contribution in [0, 0.1) is 6.92 Å². The molecule has 3 aromatic rings. The number of rotatable bonds is 5. The van der Waals surface area contributed by atoms with Gasteiger partial charge in [0.1, 0.15) is 11.4 Å². The number of nitrogens with one attached hydrogen (secondary N) is 1. The Morgan fingerprint density at radius 2 is 1.77 bits per heavy atom. The zero-order valence-corrected chi connectivity index (χ0v) is 17.6. The lowest BCUT2D eigenvalue weighted by atomic mass is 9.92. The maximum Gasteiger partial charge on any atom is 0.295 e. The van der Waals surface area contributed by atoms with Gasteiger partial charge in [-0.1, -0.05) is 24.3 Å². The highest BCUT2D eigenvalue weighted by molar-refractivity contribution is 5.94. The van der Waals surface area contributed by atoms with E-state index in [-0.39, 0.29) is 17.2 Å². The standard InChI is InChI=1S/C24H27N3O3/c1-16-22(24(29)27(26(16)3)20-11-5-4-6-12-20)25-23(28)17(2)30-21-14-13-18-9-7-8-10-19(18)15-21/h4-6,11-15,17H,7-10H2,1-3H3,(H,25,28)/t17-/m1/s1. The van der Waals surface area contributed by atoms with Crippen molar-refractivity contribution in [2.45, 2.75) is 45.6 Å². The number of benzene rings is 2. The van der Waals surface area contributed by atoms with Crippen molar-refractivity contribution >= 4 is 11.6 Å². The molecule has 0 aliphatic heterocycles. The molecule has 1 heterocycles. The van der Waals surface area contributed by atoms with Crippen LogP contribution in [0.25, 0.3) is 5.69 Å². The van der Waals surface area contributed by atoms with Gasteiger partial charge in [-0.2, -0.15) is 0 Å². The fourth-order valence-electron chi connectivity index (χ4n) is 3.98. The van der Waals surface area contributed by atoms with E-state index >= 15 is 0 Å². The number of aromatic nitrogens is 2. The van der Waals surface area contributed by atoms with Crippen LogP contribution in [-0.2, 0) is 24.7 Å². The van der Waals surface area contributed by atoms with Crippen LogP contribution in [0.5, 0.6) is 5.75 Å². The number of hydrogen-bond acceptors (Lipinski definition) is 3. The molecule has 6 heteroatoms. The summed E-state index contributed by atoms with van der Waals surface area (Å²) >= 11 is 0. The summed E-state index contributed by atoms with van der Waals surface area (Å²) in [5, 5.41) is 2.77. The summed E-state index contributed by atoms with van der Waals surface area (Å²) in [6.07, 6.45) is 3.84. The van der Waals surface area contributed by atoms with Gasteiger partial charge in [0.25, 0.3) is 11.5 Å². The predicted octanol–water partition coefficient (Wildman–Crippen LogP) is 3.77. The van der Waals surface area contributed by atoms with Gasteiger partial charge in [-0.05, 0) is 74.9 Å². The molecule has 6 nitrogen and oxygen atoms in total. The molecule has 0 unspecified atom stereocenters. The second-order valence-corrected chi connectivity index (χ2v) is 7.82. The lowest BCUT2D eigenvalue weighted by Gasteiger charge is -2.19. The molecule has 0 radical (unpaired) electrons. The molecule has 0 fully saturated rings. The van der Waals surface area contributed by atoms with Crippen LogP contribution in [0.3, 0.4) is 0 Å². The molecule has 0 bridgehead atoms. The number of fused-ring (bicyclic) bond motifs is 1. The fraction of sp³-hybridized carbons (Fsp3) is 0.333. The minimum absolute atomic E-state index is 0.268. The van der Waals surface area contributed by atoms with Crippen molar-refractivity contribution in [1.82, 2.24) is 9.36 Å². The molecule has 1 N–H and O–H groups in total. The third-order valence-corrected chi connectivity index (χ3v) is 5.80. The van der Waals surface area contributed by atoms with E-state index in [1.54, 1.807) is 23.3 Å². The SMILES string of the molecule is Cc1c(NC(=O)[C@@H](C)Oc2ccc3c(c2)CCCC3)c(=O)n(-c2ccccc2)n1C. The minimum Gasteiger partial charge on any atom is -0.481 e. The fourth-order valence-corrected chi connectivity index (χ4v) is 3.98. The van der Waals surface area contributed by atoms with Crippen LogP contribution < -0.4 is 15.6 Å². The van der Waals surface area contributed by atoms with E-state index in [1.165, 1.54) is 24.0 Å². The molecule has 0 saturated heterocycles. The number of anilines is 1. The molecular formula is C24H27N3O3. The third-order valence-electron chi connectivity index (χ3n) is 5.80. The van der Waals surface area contributed by atoms with Crippen LogP contribution in [0.1, 0.15) is 36.6 Å². The summed E-state index contributed by atoms with van der Waals surface area (Å²) < 4.78 is 9.17. The second-order valence-electron chi connectivity index (χ2n) is 7.82. The van der Waals surface area contributed by atoms with Gasteiger partial charge >= 0.3 is 0 Å². The molecule has 0 saturated carbocycles. The molecule has 1 aliphatic carbocycles. The Hall–Kier alpha value is -3.28. The molecule has 1 aromatic heterocycles. The molecule has 30 heavy (non-hydrogen) atoms. The van der Waals surface area contributed by atoms with Gasteiger partial charge in [0.15, 0.2) is 6.10 Å². The van der Waals surface area contributed by atoms with Crippen molar-refractivity contribution in [2.24, 2.45) is 7.05 Å². The van der Waals surface area contributed by atoms with Gasteiger partial charge in [-0.25, -0.2) is 4.68 Å². The number of para-hydroxylation sites is 1. The Morgan fingerprint density at radius 1 is 1.07 bits per heavy atom. The van der Waals surface area contributed by atoms with E-state index < -0.39 is 6.10 Å². The summed E-state index contributed by atoms with van der Waals surface area (Å²) in [5.41, 5.74) is 4.09. The number of aryl methyl sites for hydroxylation is 2. The molecule has 156 valence electrons. The Morgan fingerprint density at radius 3 is 2.50 bits per heavy atom. The Kier molecular flexibility index (Phi) is 5.48. The molecule has 1 atom stereocenters. The maximum absolute atomic E-state index is 13.0. The number of carbonyl (C=O) groups excluding carboxylic acids is 1. The number of carbonyl (C=O) groups is 1. The number of nitrogens with zero attached hydrogens (tertiary/aromatic N) is 2. The summed E-state index contributed by atoms with van der Waals surface area (Å²) in [4.78, 5) is 25.7. The first kappa shape index (κ1) is 20.0. The molecule has 1 amide bonds. The van der Waals surface area contributed by atoms with Gasteiger partial charge in [-0.15, -0.1) is 0 Å². The predicted molar refractivity (Wildman–Crippen MR) is 118 cm³/mol. The van der Waals surface area contributed by atoms with Crippen LogP contribution in [-0.4, -0.2) is 21.4 Å². The Bertz CT molecular complexity index is 1130. The minimum atomic E-state index is -0.726. The van der Waals surface area contributed by atoms with Crippen LogP contribution in [0.2, 0.25) is 0 Å². The van der Waals surface area contributed by atoms with E-state index in [1.807, 2.05) is 49.4 Å². The number of hydrogen-bond donors (Lipinski definition) is 1. The van der Waals surface area contributed by atoms with Crippen molar-refractivity contribution in [3.05, 3.63) is 75.7 Å². The van der Waals surface area contributed by atoms with Crippen LogP contribution in [0.15, 0.2) is 53.3 Å². The van der Waals surface area contributed by atoms with Crippen molar-refractivity contribution in [3.63, 3.8) is 0 Å². The maximum atomic E-state index is 13.0. The van der Waals surface area contributed by atoms with E-state index in [0.717, 1.165) is 18.5 Å². The zero-order valence-electron chi connectivity index (χ0n) is 17.6. The molecule has 4 rings (SSSR count). The van der Waals surface area contributed by atoms with Crippen molar-refractivity contribution in [1.29, 1.82) is 0 Å². The van der Waals surface area contributed by atoms with Gasteiger partial charge in [0.05, 0.1) is 11.4 Å². The first-order valence-electron chi connectivity index (χ1n) is 10.4. The molecular weight excluding hydrogens is 378 g/mol. The van der Waals surface area contributed by atoms with E-state index in [0.29, 0.717) is 11.4 Å². The zero-order chi connectivity index (χ0) is 21.3. The van der Waals surface area contributed by atoms with Gasteiger partial charge < -0.3 is 10.1 Å². The quantitative estimate of drug-likeness (QED) is 0.703. The molecule has 0 spiro atoms. The molecule has 2 aromatic carbocycles. The average Bonchev–Trinajstić information content (AvgIpc) is 2.97. The number of amides is 1. The Labute approximate surface area is 176 Å². The van der Waals surface area contributed by atoms with E-state index in [9.17, 15) is 9.59 Å². The highest BCUT2D eigenvalue weighted by Crippen LogP contribution is 2.26. The third kappa shape index (κ3) is 3.77. The summed E-state index contributed by atoms with van der Waals surface area (Å²) in [6, 6.07) is 15.4. The molecule has 1 aliphatic rings. The average molecular weight is 405 g/mol. The van der Waals surface area contributed by atoms with E-state index in [4.69, 9.17) is 4.74 Å². The number of ether oxygens (including phenoxy) is 1. The monoisotopic (exact) mass is 405 g/mol. The van der Waals surface area contributed by atoms with Gasteiger partial charge in [0.2, 0.25) is 0 Å². The van der Waals surface area contributed by atoms with Crippen molar-refractivity contribution < 1.29 is 9.53 Å². The van der Waals surface area contributed by atoms with E-state index in [2.05, 4.69) is 11.4 Å². The first-order chi connectivity index (χ1) is 14.5. The topological polar surface area (TPSA) is 65.3 Å². The normalized spacial score (nSPS) is 14.1. The van der Waals surface area contributed by atoms with Gasteiger partial charge in [-0.3, -0.25) is 14.3 Å². The lowest BCUT2D eigenvalue weighted by Crippen LogP contribution is -2.32. The second kappa shape index (κ2) is 8.22. The van der Waals surface area contributed by atoms with Crippen LogP contribution >= 0.6 is 0 Å².